The van der Waals surface area contributed by atoms with Crippen molar-refractivity contribution in [2.24, 2.45) is 0 Å². The quantitative estimate of drug-likeness (QED) is 0.0261. The molecule has 0 aromatic rings. The number of ether oxygens (including phenoxy) is 2. The molecule has 1 aliphatic heterocycles. The van der Waals surface area contributed by atoms with Crippen molar-refractivity contribution in [1.29, 1.82) is 0 Å². The van der Waals surface area contributed by atoms with Crippen LogP contribution in [-0.4, -0.2) is 87.5 Å². The summed E-state index contributed by atoms with van der Waals surface area (Å²) in [6, 6.07) is -0.804. The molecule has 1 amide bonds. The highest BCUT2D eigenvalue weighted by atomic mass is 16.7. The minimum atomic E-state index is -1.57. The molecule has 0 radical (unpaired) electrons. The van der Waals surface area contributed by atoms with Crippen molar-refractivity contribution in [3.63, 3.8) is 0 Å². The first-order valence-corrected chi connectivity index (χ1v) is 30.1. The fourth-order valence-electron chi connectivity index (χ4n) is 9.74. The van der Waals surface area contributed by atoms with Crippen LogP contribution in [-0.2, 0) is 14.3 Å². The van der Waals surface area contributed by atoms with Crippen molar-refractivity contribution in [2.75, 3.05) is 13.2 Å². The molecular formula is C60H115NO8. The number of aliphatic hydroxyl groups excluding tert-OH is 5. The number of rotatable bonds is 52. The van der Waals surface area contributed by atoms with E-state index in [2.05, 4.69) is 31.3 Å². The summed E-state index contributed by atoms with van der Waals surface area (Å²) in [7, 11) is 0. The highest BCUT2D eigenvalue weighted by molar-refractivity contribution is 5.76. The van der Waals surface area contributed by atoms with Crippen molar-refractivity contribution in [2.45, 2.75) is 339 Å². The lowest BCUT2D eigenvalue weighted by molar-refractivity contribution is -0.302. The SMILES string of the molecule is CCCCCCCCCC/C=C\CCCCCCCCCCCCCC(=O)NC(COC1OC(CO)C(O)C(O)C1O)C(O)/C=C/CCCCCCCCCCCCCCCCCCCCCCC. The average Bonchev–Trinajstić information content (AvgIpc) is 3.35. The lowest BCUT2D eigenvalue weighted by Crippen LogP contribution is -2.60. The summed E-state index contributed by atoms with van der Waals surface area (Å²) < 4.78 is 11.3. The normalized spacial score (nSPS) is 19.6. The maximum Gasteiger partial charge on any atom is 0.220 e. The van der Waals surface area contributed by atoms with Gasteiger partial charge < -0.3 is 40.3 Å². The molecule has 9 heteroatoms. The van der Waals surface area contributed by atoms with Crippen LogP contribution in [0.1, 0.15) is 296 Å². The molecule has 0 spiro atoms. The fourth-order valence-corrected chi connectivity index (χ4v) is 9.74. The zero-order valence-corrected chi connectivity index (χ0v) is 45.3. The molecule has 0 aliphatic carbocycles. The van der Waals surface area contributed by atoms with Crippen LogP contribution in [0.25, 0.3) is 0 Å². The Morgan fingerprint density at radius 1 is 0.478 bits per heavy atom. The van der Waals surface area contributed by atoms with Crippen LogP contribution >= 0.6 is 0 Å². The number of carbonyl (C=O) groups excluding carboxylic acids is 1. The van der Waals surface area contributed by atoms with Crippen LogP contribution in [0, 0.1) is 0 Å². The molecule has 1 saturated heterocycles. The number of aliphatic hydroxyl groups is 5. The Labute approximate surface area is 426 Å². The van der Waals surface area contributed by atoms with Gasteiger partial charge in [-0.25, -0.2) is 0 Å². The Morgan fingerprint density at radius 2 is 0.812 bits per heavy atom. The predicted molar refractivity (Wildman–Crippen MR) is 290 cm³/mol. The molecule has 6 N–H and O–H groups in total. The molecule has 1 aliphatic rings. The van der Waals surface area contributed by atoms with Gasteiger partial charge in [0.15, 0.2) is 6.29 Å². The number of allylic oxidation sites excluding steroid dienone is 3. The van der Waals surface area contributed by atoms with Gasteiger partial charge in [0.05, 0.1) is 25.4 Å². The smallest absolute Gasteiger partial charge is 0.220 e. The van der Waals surface area contributed by atoms with Gasteiger partial charge in [0.1, 0.15) is 24.4 Å². The number of nitrogens with one attached hydrogen (secondary N) is 1. The monoisotopic (exact) mass is 978 g/mol. The molecule has 0 aromatic heterocycles. The Balaban J connectivity index is 2.21. The van der Waals surface area contributed by atoms with Crippen molar-refractivity contribution in [3.05, 3.63) is 24.3 Å². The molecule has 69 heavy (non-hydrogen) atoms. The minimum absolute atomic E-state index is 0.173. The van der Waals surface area contributed by atoms with Crippen molar-refractivity contribution in [3.8, 4) is 0 Å². The third-order valence-corrected chi connectivity index (χ3v) is 14.5. The van der Waals surface area contributed by atoms with Crippen LogP contribution in [0.15, 0.2) is 24.3 Å². The van der Waals surface area contributed by atoms with E-state index in [1.165, 1.54) is 238 Å². The van der Waals surface area contributed by atoms with Gasteiger partial charge in [0.2, 0.25) is 5.91 Å². The number of hydrogen-bond donors (Lipinski definition) is 6. The molecule has 7 unspecified atom stereocenters. The third kappa shape index (κ3) is 39.8. The largest absolute Gasteiger partial charge is 0.394 e. The summed E-state index contributed by atoms with van der Waals surface area (Å²) in [6.07, 6.45) is 56.7. The van der Waals surface area contributed by atoms with Gasteiger partial charge in [-0.2, -0.15) is 0 Å². The number of hydrogen-bond acceptors (Lipinski definition) is 8. The topological polar surface area (TPSA) is 149 Å². The van der Waals surface area contributed by atoms with Crippen molar-refractivity contribution < 1.29 is 39.8 Å². The Morgan fingerprint density at radius 3 is 1.17 bits per heavy atom. The third-order valence-electron chi connectivity index (χ3n) is 14.5. The van der Waals surface area contributed by atoms with E-state index in [-0.39, 0.29) is 12.5 Å². The van der Waals surface area contributed by atoms with Gasteiger partial charge in [-0.1, -0.05) is 269 Å². The average molecular weight is 979 g/mol. The molecule has 7 atom stereocenters. The summed E-state index contributed by atoms with van der Waals surface area (Å²) >= 11 is 0. The zero-order chi connectivity index (χ0) is 50.1. The molecule has 9 nitrogen and oxygen atoms in total. The summed E-state index contributed by atoms with van der Waals surface area (Å²) in [4.78, 5) is 13.1. The van der Waals surface area contributed by atoms with E-state index >= 15 is 0 Å². The first-order valence-electron chi connectivity index (χ1n) is 30.1. The molecule has 1 fully saturated rings. The second kappa shape index (κ2) is 50.2. The maximum atomic E-state index is 13.1. The van der Waals surface area contributed by atoms with Crippen LogP contribution in [0.5, 0.6) is 0 Å². The molecule has 408 valence electrons. The molecule has 0 aromatic carbocycles. The van der Waals surface area contributed by atoms with Crippen LogP contribution in [0.2, 0.25) is 0 Å². The first kappa shape index (κ1) is 65.7. The highest BCUT2D eigenvalue weighted by Gasteiger charge is 2.44. The summed E-state index contributed by atoms with van der Waals surface area (Å²) in [5, 5.41) is 54.6. The second-order valence-electron chi connectivity index (χ2n) is 21.1. The van der Waals surface area contributed by atoms with E-state index in [0.717, 1.165) is 38.5 Å². The molecule has 0 bridgehead atoms. The van der Waals surface area contributed by atoms with Crippen molar-refractivity contribution >= 4 is 5.91 Å². The second-order valence-corrected chi connectivity index (χ2v) is 21.1. The van der Waals surface area contributed by atoms with Gasteiger partial charge in [-0.3, -0.25) is 4.79 Å². The highest BCUT2D eigenvalue weighted by Crippen LogP contribution is 2.23. The lowest BCUT2D eigenvalue weighted by atomic mass is 9.99. The molecule has 1 heterocycles. The Hall–Kier alpha value is -1.33. The first-order chi connectivity index (χ1) is 33.8. The lowest BCUT2D eigenvalue weighted by Gasteiger charge is -2.40. The summed E-state index contributed by atoms with van der Waals surface area (Å²) in [5.74, 6) is -0.173. The standard InChI is InChI=1S/C60H115NO8/c1-3-5-7-9-11-13-15-17-19-21-23-25-27-29-31-33-35-37-39-41-43-45-47-49-54(63)53(52-68-60-59(67)58(66)57(65)55(51-62)69-60)61-56(64)50-48-46-44-42-40-38-36-34-32-30-28-26-24-22-20-18-16-14-12-10-8-6-4-2/h22,24,47,49,53-55,57-60,62-63,65-67H,3-21,23,25-46,48,50-52H2,1-2H3,(H,61,64)/b24-22-,49-47+. The number of unbranched alkanes of at least 4 members (excludes halogenated alkanes) is 40. The molecule has 0 saturated carbocycles. The van der Waals surface area contributed by atoms with E-state index in [1.807, 2.05) is 6.08 Å². The van der Waals surface area contributed by atoms with E-state index in [4.69, 9.17) is 9.47 Å². The van der Waals surface area contributed by atoms with Crippen LogP contribution < -0.4 is 5.32 Å². The van der Waals surface area contributed by atoms with Crippen LogP contribution in [0.3, 0.4) is 0 Å². The number of amides is 1. The summed E-state index contributed by atoms with van der Waals surface area (Å²) in [6.45, 7) is 3.82. The van der Waals surface area contributed by atoms with Gasteiger partial charge in [-0.05, 0) is 44.9 Å². The van der Waals surface area contributed by atoms with E-state index in [1.54, 1.807) is 6.08 Å². The van der Waals surface area contributed by atoms with E-state index < -0.39 is 49.5 Å². The number of carbonyl (C=O) groups is 1. The van der Waals surface area contributed by atoms with Gasteiger partial charge in [0, 0.05) is 6.42 Å². The molecular weight excluding hydrogens is 863 g/mol. The van der Waals surface area contributed by atoms with Crippen LogP contribution in [0.4, 0.5) is 0 Å². The van der Waals surface area contributed by atoms with Gasteiger partial charge in [0.25, 0.3) is 0 Å². The summed E-state index contributed by atoms with van der Waals surface area (Å²) in [5.41, 5.74) is 0. The maximum absolute atomic E-state index is 13.1. The van der Waals surface area contributed by atoms with E-state index in [0.29, 0.717) is 6.42 Å². The fraction of sp³-hybridized carbons (Fsp3) is 0.917. The minimum Gasteiger partial charge on any atom is -0.394 e. The van der Waals surface area contributed by atoms with Gasteiger partial charge in [-0.15, -0.1) is 0 Å². The van der Waals surface area contributed by atoms with Crippen molar-refractivity contribution in [1.82, 2.24) is 5.32 Å². The predicted octanol–water partition coefficient (Wildman–Crippen LogP) is 15.0. The Bertz CT molecular complexity index is 1130. The van der Waals surface area contributed by atoms with Gasteiger partial charge >= 0.3 is 0 Å². The molecule has 1 rings (SSSR count). The zero-order valence-electron chi connectivity index (χ0n) is 45.3. The Kier molecular flexibility index (Phi) is 47.8. The van der Waals surface area contributed by atoms with E-state index in [9.17, 15) is 30.3 Å².